The Morgan fingerprint density at radius 1 is 1.42 bits per heavy atom. The van der Waals surface area contributed by atoms with E-state index in [0.717, 1.165) is 5.56 Å². The molecule has 0 unspecified atom stereocenters. The normalized spacial score (nSPS) is 9.95. The summed E-state index contributed by atoms with van der Waals surface area (Å²) in [7, 11) is 0. The highest BCUT2D eigenvalue weighted by atomic mass is 16.4. The summed E-state index contributed by atoms with van der Waals surface area (Å²) in [6, 6.07) is 4.98. The van der Waals surface area contributed by atoms with Gasteiger partial charge < -0.3 is 15.8 Å². The lowest BCUT2D eigenvalue weighted by Crippen LogP contribution is -2.15. The zero-order valence-electron chi connectivity index (χ0n) is 10.1. The summed E-state index contributed by atoms with van der Waals surface area (Å²) in [6.45, 7) is 0.499. The molecule has 0 radical (unpaired) electrons. The van der Waals surface area contributed by atoms with Crippen molar-refractivity contribution in [2.24, 2.45) is 5.73 Å². The quantitative estimate of drug-likeness (QED) is 0.696. The summed E-state index contributed by atoms with van der Waals surface area (Å²) in [5.41, 5.74) is 5.89. The van der Waals surface area contributed by atoms with Crippen molar-refractivity contribution in [3.63, 3.8) is 0 Å². The third kappa shape index (κ3) is 2.64. The smallest absolute Gasteiger partial charge is 0.341 e. The van der Waals surface area contributed by atoms with Crippen LogP contribution in [0.2, 0.25) is 0 Å². The molecule has 1 heterocycles. The van der Waals surface area contributed by atoms with Crippen molar-refractivity contribution in [2.75, 3.05) is 6.54 Å². The molecular formula is C14H12N2O3. The summed E-state index contributed by atoms with van der Waals surface area (Å²) >= 11 is 0. The van der Waals surface area contributed by atoms with Crippen LogP contribution in [0.4, 0.5) is 0 Å². The molecule has 4 N–H and O–H groups in total. The number of aromatic amines is 1. The number of benzene rings is 1. The SMILES string of the molecule is NCCC#Cc1ccc2c(=O)c(C(=O)O)c[nH]c2c1. The molecule has 0 saturated carbocycles. The Balaban J connectivity index is 2.53. The van der Waals surface area contributed by atoms with Crippen molar-refractivity contribution >= 4 is 16.9 Å². The predicted molar refractivity (Wildman–Crippen MR) is 72.1 cm³/mol. The molecular weight excluding hydrogens is 244 g/mol. The molecule has 0 aliphatic heterocycles. The van der Waals surface area contributed by atoms with Crippen LogP contribution >= 0.6 is 0 Å². The fraction of sp³-hybridized carbons (Fsp3) is 0.143. The van der Waals surface area contributed by atoms with Crippen molar-refractivity contribution < 1.29 is 9.90 Å². The molecule has 0 aliphatic rings. The molecule has 1 aromatic heterocycles. The van der Waals surface area contributed by atoms with Crippen molar-refractivity contribution in [1.29, 1.82) is 0 Å². The number of aromatic nitrogens is 1. The van der Waals surface area contributed by atoms with Crippen molar-refractivity contribution in [3.8, 4) is 11.8 Å². The molecule has 5 nitrogen and oxygen atoms in total. The number of nitrogens with two attached hydrogens (primary N) is 1. The molecule has 0 spiro atoms. The maximum atomic E-state index is 11.9. The van der Waals surface area contributed by atoms with Crippen LogP contribution in [0.15, 0.2) is 29.2 Å². The van der Waals surface area contributed by atoms with Crippen LogP contribution in [0.25, 0.3) is 10.9 Å². The molecule has 0 bridgehead atoms. The zero-order chi connectivity index (χ0) is 13.8. The second kappa shape index (κ2) is 5.38. The summed E-state index contributed by atoms with van der Waals surface area (Å²) in [5.74, 6) is 4.58. The van der Waals surface area contributed by atoms with Gasteiger partial charge in [-0.1, -0.05) is 11.8 Å². The van der Waals surface area contributed by atoms with Crippen molar-refractivity contribution in [1.82, 2.24) is 4.98 Å². The number of hydrogen-bond acceptors (Lipinski definition) is 3. The minimum atomic E-state index is -1.24. The first-order chi connectivity index (χ1) is 9.13. The zero-order valence-corrected chi connectivity index (χ0v) is 10.1. The molecule has 1 aromatic carbocycles. The first kappa shape index (κ1) is 12.9. The second-order valence-corrected chi connectivity index (χ2v) is 3.94. The van der Waals surface area contributed by atoms with Crippen LogP contribution in [0.1, 0.15) is 22.3 Å². The van der Waals surface area contributed by atoms with E-state index >= 15 is 0 Å². The molecule has 2 aromatic rings. The number of carbonyl (C=O) groups is 1. The maximum absolute atomic E-state index is 11.9. The molecule has 0 aliphatic carbocycles. The van der Waals surface area contributed by atoms with Gasteiger partial charge in [-0.3, -0.25) is 4.79 Å². The first-order valence-corrected chi connectivity index (χ1v) is 5.71. The highest BCUT2D eigenvalue weighted by Gasteiger charge is 2.11. The number of aromatic carboxylic acids is 1. The minimum Gasteiger partial charge on any atom is -0.477 e. The lowest BCUT2D eigenvalue weighted by atomic mass is 10.1. The molecule has 0 atom stereocenters. The lowest BCUT2D eigenvalue weighted by molar-refractivity contribution is 0.0695. The van der Waals surface area contributed by atoms with Gasteiger partial charge in [-0.2, -0.15) is 0 Å². The first-order valence-electron chi connectivity index (χ1n) is 5.71. The maximum Gasteiger partial charge on any atom is 0.341 e. The highest BCUT2D eigenvalue weighted by Crippen LogP contribution is 2.10. The number of pyridine rings is 1. The Morgan fingerprint density at radius 3 is 2.89 bits per heavy atom. The van der Waals surface area contributed by atoms with Gasteiger partial charge in [-0.05, 0) is 18.2 Å². The molecule has 19 heavy (non-hydrogen) atoms. The number of rotatable bonds is 2. The summed E-state index contributed by atoms with van der Waals surface area (Å²) in [5, 5.41) is 9.21. The van der Waals surface area contributed by atoms with E-state index in [4.69, 9.17) is 10.8 Å². The number of carboxylic acid groups (broad SMARTS) is 1. The summed E-state index contributed by atoms with van der Waals surface area (Å²) < 4.78 is 0. The van der Waals surface area contributed by atoms with Crippen LogP contribution in [0.5, 0.6) is 0 Å². The van der Waals surface area contributed by atoms with E-state index < -0.39 is 11.4 Å². The Labute approximate surface area is 109 Å². The molecule has 2 rings (SSSR count). The van der Waals surface area contributed by atoms with E-state index in [1.54, 1.807) is 18.2 Å². The standard InChI is InChI=1S/C14H12N2O3/c15-6-2-1-3-9-4-5-10-12(7-9)16-8-11(13(10)17)14(18)19/h4-5,7-8H,2,6,15H2,(H,16,17)(H,18,19). The van der Waals surface area contributed by atoms with Crippen LogP contribution in [0.3, 0.4) is 0 Å². The van der Waals surface area contributed by atoms with Crippen molar-refractivity contribution in [3.05, 3.63) is 45.7 Å². The third-order valence-electron chi connectivity index (χ3n) is 2.61. The molecule has 0 saturated heterocycles. The number of H-pyrrole nitrogens is 1. The Morgan fingerprint density at radius 2 is 2.21 bits per heavy atom. The van der Waals surface area contributed by atoms with E-state index in [9.17, 15) is 9.59 Å². The fourth-order valence-corrected chi connectivity index (χ4v) is 1.70. The van der Waals surface area contributed by atoms with Gasteiger partial charge in [0.15, 0.2) is 0 Å². The number of hydrogen-bond donors (Lipinski definition) is 3. The number of carboxylic acids is 1. The fourth-order valence-electron chi connectivity index (χ4n) is 1.70. The highest BCUT2D eigenvalue weighted by molar-refractivity contribution is 5.92. The van der Waals surface area contributed by atoms with E-state index in [2.05, 4.69) is 16.8 Å². The molecule has 5 heteroatoms. The number of nitrogens with one attached hydrogen (secondary N) is 1. The van der Waals surface area contributed by atoms with E-state index in [0.29, 0.717) is 23.9 Å². The minimum absolute atomic E-state index is 0.269. The Kier molecular flexibility index (Phi) is 3.64. The van der Waals surface area contributed by atoms with E-state index in [1.807, 2.05) is 0 Å². The summed E-state index contributed by atoms with van der Waals surface area (Å²) in [6.07, 6.45) is 1.80. The van der Waals surface area contributed by atoms with E-state index in [-0.39, 0.29) is 5.56 Å². The van der Waals surface area contributed by atoms with Gasteiger partial charge in [0.25, 0.3) is 0 Å². The monoisotopic (exact) mass is 256 g/mol. The molecule has 0 amide bonds. The average molecular weight is 256 g/mol. The van der Waals surface area contributed by atoms with E-state index in [1.165, 1.54) is 6.20 Å². The lowest BCUT2D eigenvalue weighted by Gasteiger charge is -2.00. The van der Waals surface area contributed by atoms with Gasteiger partial charge in [0.1, 0.15) is 5.56 Å². The third-order valence-corrected chi connectivity index (χ3v) is 2.61. The van der Waals surface area contributed by atoms with Crippen molar-refractivity contribution in [2.45, 2.75) is 6.42 Å². The van der Waals surface area contributed by atoms with Gasteiger partial charge in [0.2, 0.25) is 5.43 Å². The van der Waals surface area contributed by atoms with Gasteiger partial charge in [0, 0.05) is 30.1 Å². The van der Waals surface area contributed by atoms with Crippen LogP contribution < -0.4 is 11.2 Å². The average Bonchev–Trinajstić information content (AvgIpc) is 2.39. The largest absolute Gasteiger partial charge is 0.477 e. The van der Waals surface area contributed by atoms with Gasteiger partial charge in [-0.15, -0.1) is 0 Å². The van der Waals surface area contributed by atoms with Gasteiger partial charge >= 0.3 is 5.97 Å². The summed E-state index contributed by atoms with van der Waals surface area (Å²) in [4.78, 5) is 25.5. The molecule has 0 fully saturated rings. The van der Waals surface area contributed by atoms with Crippen LogP contribution in [-0.4, -0.2) is 22.6 Å². The topological polar surface area (TPSA) is 96.2 Å². The molecule has 96 valence electrons. The van der Waals surface area contributed by atoms with Gasteiger partial charge in [0.05, 0.1) is 5.52 Å². The van der Waals surface area contributed by atoms with Gasteiger partial charge in [-0.25, -0.2) is 4.79 Å². The second-order valence-electron chi connectivity index (χ2n) is 3.94. The van der Waals surface area contributed by atoms with Crippen LogP contribution in [-0.2, 0) is 0 Å². The Hall–Kier alpha value is -2.58. The number of fused-ring (bicyclic) bond motifs is 1. The Bertz CT molecular complexity index is 751. The predicted octanol–water partition coefficient (Wildman–Crippen LogP) is 0.927. The van der Waals surface area contributed by atoms with Crippen LogP contribution in [0, 0.1) is 11.8 Å².